The second kappa shape index (κ2) is 4.70. The average Bonchev–Trinajstić information content (AvgIpc) is 2.11. The summed E-state index contributed by atoms with van der Waals surface area (Å²) < 4.78 is 19.1. The number of thiocarbonyl (C=S) groups is 1. The second-order valence-corrected chi connectivity index (χ2v) is 4.10. The van der Waals surface area contributed by atoms with E-state index >= 15 is 0 Å². The minimum absolute atomic E-state index is 0.123. The maximum atomic E-state index is 13.2. The molecule has 0 atom stereocenters. The van der Waals surface area contributed by atoms with E-state index < -0.39 is 5.82 Å². The highest BCUT2D eigenvalue weighted by molar-refractivity contribution is 9.10. The highest BCUT2D eigenvalue weighted by Crippen LogP contribution is 2.22. The molecular formula is C9H9BrFNOS. The Morgan fingerprint density at radius 1 is 1.50 bits per heavy atom. The van der Waals surface area contributed by atoms with Gasteiger partial charge in [-0.15, -0.1) is 0 Å². The summed E-state index contributed by atoms with van der Waals surface area (Å²) in [5.41, 5.74) is 0. The highest BCUT2D eigenvalue weighted by Gasteiger charge is 2.08. The first-order valence-corrected chi connectivity index (χ1v) is 5.05. The first kappa shape index (κ1) is 11.4. The number of ether oxygens (including phenoxy) is 1. The van der Waals surface area contributed by atoms with Crippen LogP contribution < -0.4 is 4.74 Å². The van der Waals surface area contributed by atoms with Gasteiger partial charge in [0.05, 0.1) is 0 Å². The molecule has 5 heteroatoms. The zero-order valence-corrected chi connectivity index (χ0v) is 10.2. The Morgan fingerprint density at radius 3 is 2.71 bits per heavy atom. The molecule has 14 heavy (non-hydrogen) atoms. The first-order valence-electron chi connectivity index (χ1n) is 3.85. The maximum Gasteiger partial charge on any atom is 0.264 e. The molecule has 2 nitrogen and oxygen atoms in total. The van der Waals surface area contributed by atoms with Gasteiger partial charge in [-0.1, -0.05) is 15.9 Å². The molecule has 0 aliphatic carbocycles. The van der Waals surface area contributed by atoms with E-state index in [0.717, 1.165) is 4.47 Å². The molecule has 0 saturated carbocycles. The summed E-state index contributed by atoms with van der Waals surface area (Å²) >= 11 is 8.10. The Kier molecular flexibility index (Phi) is 3.83. The van der Waals surface area contributed by atoms with Gasteiger partial charge in [-0.3, -0.25) is 0 Å². The smallest absolute Gasteiger partial charge is 0.264 e. The van der Waals surface area contributed by atoms with Gasteiger partial charge in [-0.05, 0) is 30.4 Å². The van der Waals surface area contributed by atoms with Gasteiger partial charge in [0.25, 0.3) is 5.17 Å². The summed E-state index contributed by atoms with van der Waals surface area (Å²) in [5, 5.41) is 0.224. The van der Waals surface area contributed by atoms with Crippen molar-refractivity contribution in [2.24, 2.45) is 0 Å². The lowest BCUT2D eigenvalue weighted by Gasteiger charge is -2.14. The van der Waals surface area contributed by atoms with E-state index in [1.165, 1.54) is 12.1 Å². The van der Waals surface area contributed by atoms with Crippen LogP contribution in [-0.2, 0) is 0 Å². The van der Waals surface area contributed by atoms with Gasteiger partial charge < -0.3 is 9.64 Å². The Hall–Kier alpha value is -0.680. The van der Waals surface area contributed by atoms with Crippen molar-refractivity contribution in [2.75, 3.05) is 14.1 Å². The van der Waals surface area contributed by atoms with Crippen LogP contribution >= 0.6 is 28.1 Å². The Balaban J connectivity index is 2.86. The van der Waals surface area contributed by atoms with Gasteiger partial charge in [-0.2, -0.15) is 0 Å². The average molecular weight is 278 g/mol. The predicted molar refractivity (Wildman–Crippen MR) is 61.0 cm³/mol. The van der Waals surface area contributed by atoms with Crippen LogP contribution in [-0.4, -0.2) is 24.2 Å². The monoisotopic (exact) mass is 277 g/mol. The summed E-state index contributed by atoms with van der Waals surface area (Å²) in [6.07, 6.45) is 0. The van der Waals surface area contributed by atoms with Crippen LogP contribution in [0.3, 0.4) is 0 Å². The molecule has 0 unspecified atom stereocenters. The molecule has 1 aromatic carbocycles. The molecule has 0 spiro atoms. The standard InChI is InChI=1S/C9H9BrFNOS/c1-12(2)9(14)13-8-5-6(10)3-4-7(8)11/h3-5H,1-2H3. The fourth-order valence-electron chi connectivity index (χ4n) is 0.741. The number of nitrogens with zero attached hydrogens (tertiary/aromatic N) is 1. The van der Waals surface area contributed by atoms with Crippen molar-refractivity contribution in [3.05, 3.63) is 28.5 Å². The first-order chi connectivity index (χ1) is 6.50. The van der Waals surface area contributed by atoms with Gasteiger partial charge in [0, 0.05) is 18.6 Å². The van der Waals surface area contributed by atoms with Crippen molar-refractivity contribution in [3.63, 3.8) is 0 Å². The van der Waals surface area contributed by atoms with Crippen molar-refractivity contribution < 1.29 is 9.13 Å². The topological polar surface area (TPSA) is 12.5 Å². The molecule has 1 rings (SSSR count). The molecule has 0 bridgehead atoms. The highest BCUT2D eigenvalue weighted by atomic mass is 79.9. The lowest BCUT2D eigenvalue weighted by atomic mass is 10.3. The Bertz CT molecular complexity index is 357. The minimum Gasteiger partial charge on any atom is -0.429 e. The fourth-order valence-corrected chi connectivity index (χ4v) is 1.17. The van der Waals surface area contributed by atoms with Crippen LogP contribution in [0.1, 0.15) is 0 Å². The molecule has 0 aliphatic rings. The second-order valence-electron chi connectivity index (χ2n) is 2.84. The molecule has 0 aliphatic heterocycles. The van der Waals surface area contributed by atoms with E-state index in [4.69, 9.17) is 17.0 Å². The van der Waals surface area contributed by atoms with E-state index in [2.05, 4.69) is 15.9 Å². The van der Waals surface area contributed by atoms with E-state index in [1.54, 1.807) is 25.1 Å². The minimum atomic E-state index is -0.433. The quantitative estimate of drug-likeness (QED) is 0.733. The summed E-state index contributed by atoms with van der Waals surface area (Å²) in [7, 11) is 3.47. The molecule has 0 aromatic heterocycles. The normalized spacial score (nSPS) is 9.71. The molecule has 0 saturated heterocycles. The van der Waals surface area contributed by atoms with Gasteiger partial charge in [0.1, 0.15) is 0 Å². The lowest BCUT2D eigenvalue weighted by Crippen LogP contribution is -2.25. The van der Waals surface area contributed by atoms with Crippen molar-refractivity contribution in [3.8, 4) is 5.75 Å². The number of hydrogen-bond donors (Lipinski definition) is 0. The SMILES string of the molecule is CN(C)C(=S)Oc1cc(Br)ccc1F. The van der Waals surface area contributed by atoms with Crippen LogP contribution in [0.5, 0.6) is 5.75 Å². The number of benzene rings is 1. The van der Waals surface area contributed by atoms with Crippen LogP contribution in [0.4, 0.5) is 4.39 Å². The van der Waals surface area contributed by atoms with E-state index in [9.17, 15) is 4.39 Å². The zero-order chi connectivity index (χ0) is 10.7. The molecule has 0 radical (unpaired) electrons. The van der Waals surface area contributed by atoms with Crippen molar-refractivity contribution in [1.29, 1.82) is 0 Å². The van der Waals surface area contributed by atoms with Crippen molar-refractivity contribution >= 4 is 33.3 Å². The number of hydrogen-bond acceptors (Lipinski definition) is 2. The molecule has 0 fully saturated rings. The largest absolute Gasteiger partial charge is 0.429 e. The zero-order valence-electron chi connectivity index (χ0n) is 7.75. The van der Waals surface area contributed by atoms with Crippen molar-refractivity contribution in [2.45, 2.75) is 0 Å². The fraction of sp³-hybridized carbons (Fsp3) is 0.222. The third-order valence-corrected chi connectivity index (χ3v) is 2.40. The van der Waals surface area contributed by atoms with Gasteiger partial charge in [0.15, 0.2) is 11.6 Å². The molecular weight excluding hydrogens is 269 g/mol. The predicted octanol–water partition coefficient (Wildman–Crippen LogP) is 2.81. The van der Waals surface area contributed by atoms with Crippen LogP contribution in [0.15, 0.2) is 22.7 Å². The Morgan fingerprint density at radius 2 is 2.14 bits per heavy atom. The molecule has 0 N–H and O–H groups in total. The third kappa shape index (κ3) is 2.92. The number of halogens is 2. The molecule has 76 valence electrons. The van der Waals surface area contributed by atoms with E-state index in [1.807, 2.05) is 0 Å². The Labute approximate surface area is 95.8 Å². The van der Waals surface area contributed by atoms with Crippen LogP contribution in [0, 0.1) is 5.82 Å². The van der Waals surface area contributed by atoms with Crippen LogP contribution in [0.25, 0.3) is 0 Å². The summed E-state index contributed by atoms with van der Waals surface area (Å²) in [6, 6.07) is 4.45. The summed E-state index contributed by atoms with van der Waals surface area (Å²) in [6.45, 7) is 0. The maximum absolute atomic E-state index is 13.2. The van der Waals surface area contributed by atoms with Crippen LogP contribution in [0.2, 0.25) is 0 Å². The van der Waals surface area contributed by atoms with Gasteiger partial charge >= 0.3 is 0 Å². The number of rotatable bonds is 1. The van der Waals surface area contributed by atoms with Crippen molar-refractivity contribution in [1.82, 2.24) is 4.90 Å². The van der Waals surface area contributed by atoms with Gasteiger partial charge in [0.2, 0.25) is 0 Å². The third-order valence-electron chi connectivity index (χ3n) is 1.46. The molecule has 1 aromatic rings. The van der Waals surface area contributed by atoms with E-state index in [0.29, 0.717) is 0 Å². The lowest BCUT2D eigenvalue weighted by molar-refractivity contribution is 0.425. The summed E-state index contributed by atoms with van der Waals surface area (Å²) in [5.74, 6) is -0.310. The summed E-state index contributed by atoms with van der Waals surface area (Å²) in [4.78, 5) is 1.59. The van der Waals surface area contributed by atoms with Gasteiger partial charge in [-0.25, -0.2) is 4.39 Å². The molecule has 0 heterocycles. The molecule has 0 amide bonds. The van der Waals surface area contributed by atoms with E-state index in [-0.39, 0.29) is 10.9 Å².